The van der Waals surface area contributed by atoms with Gasteiger partial charge in [0.25, 0.3) is 0 Å². The van der Waals surface area contributed by atoms with Gasteiger partial charge in [-0.1, -0.05) is 103 Å². The minimum Gasteiger partial charge on any atom is -0.348 e. The number of amides is 1. The average molecular weight is 457 g/mol. The van der Waals surface area contributed by atoms with Gasteiger partial charge in [0.1, 0.15) is 0 Å². The summed E-state index contributed by atoms with van der Waals surface area (Å²) >= 11 is 0. The summed E-state index contributed by atoms with van der Waals surface area (Å²) in [5.41, 5.74) is 3.02. The van der Waals surface area contributed by atoms with Crippen molar-refractivity contribution in [2.45, 2.75) is 120 Å². The fourth-order valence-electron chi connectivity index (χ4n) is 2.76. The Morgan fingerprint density at radius 3 is 2.12 bits per heavy atom. The molecule has 0 saturated heterocycles. The number of carbonyl (C=O) groups is 1. The maximum atomic E-state index is 12.0. The Hall–Kier alpha value is -2.34. The number of unbranched alkanes of at least 4 members (excludes halogenated alkanes) is 4. The third kappa shape index (κ3) is 24.1. The summed E-state index contributed by atoms with van der Waals surface area (Å²) in [6, 6.07) is -0.133. The Balaban J connectivity index is -0.000000846. The highest BCUT2D eigenvalue weighted by atomic mass is 16.1. The number of carbonyl (C=O) groups excluding carboxylic acids is 1. The highest BCUT2D eigenvalue weighted by molar-refractivity contribution is 5.82. The first-order chi connectivity index (χ1) is 15.9. The molecule has 1 atom stereocenters. The molecule has 0 aliphatic carbocycles. The van der Waals surface area contributed by atoms with Crippen LogP contribution < -0.4 is 5.32 Å². The molecule has 0 fully saturated rings. The van der Waals surface area contributed by atoms with Crippen LogP contribution in [0.2, 0.25) is 0 Å². The molecule has 1 amide bonds. The van der Waals surface area contributed by atoms with Crippen LogP contribution in [0, 0.1) is 12.3 Å². The average Bonchev–Trinajstić information content (AvgIpc) is 2.80. The summed E-state index contributed by atoms with van der Waals surface area (Å²) in [4.78, 5) is 16.5. The zero-order valence-corrected chi connectivity index (χ0v) is 23.1. The van der Waals surface area contributed by atoms with Gasteiger partial charge in [-0.15, -0.1) is 12.3 Å². The fourth-order valence-corrected chi connectivity index (χ4v) is 2.76. The van der Waals surface area contributed by atoms with E-state index in [-0.39, 0.29) is 11.9 Å². The van der Waals surface area contributed by atoms with E-state index >= 15 is 0 Å². The van der Waals surface area contributed by atoms with E-state index < -0.39 is 0 Å². The molecule has 0 aromatic rings. The van der Waals surface area contributed by atoms with Gasteiger partial charge in [0.15, 0.2) is 0 Å². The molecule has 188 valence electrons. The lowest BCUT2D eigenvalue weighted by Crippen LogP contribution is -2.33. The van der Waals surface area contributed by atoms with Crippen molar-refractivity contribution in [3.05, 3.63) is 47.2 Å². The lowest BCUT2D eigenvalue weighted by molar-refractivity contribution is -0.120. The molecule has 0 bridgehead atoms. The predicted molar refractivity (Wildman–Crippen MR) is 151 cm³/mol. The Bertz CT molecular complexity index is 653. The minimum atomic E-state index is -0.133. The molecule has 3 heteroatoms. The minimum absolute atomic E-state index is 0.00784. The van der Waals surface area contributed by atoms with Crippen LogP contribution in [0.25, 0.3) is 0 Å². The van der Waals surface area contributed by atoms with Crippen LogP contribution in [0.4, 0.5) is 0 Å². The normalized spacial score (nSPS) is 13.0. The first-order valence-corrected chi connectivity index (χ1v) is 12.8. The molecular formula is C30H52N2O. The van der Waals surface area contributed by atoms with E-state index in [1.165, 1.54) is 32.1 Å². The van der Waals surface area contributed by atoms with Gasteiger partial charge in [-0.05, 0) is 39.7 Å². The summed E-state index contributed by atoms with van der Waals surface area (Å²) in [5.74, 6) is 2.65. The lowest BCUT2D eigenvalue weighted by atomic mass is 10.1. The van der Waals surface area contributed by atoms with Crippen LogP contribution in [0.15, 0.2) is 52.2 Å². The molecule has 0 aliphatic rings. The second kappa shape index (κ2) is 27.7. The molecule has 0 rings (SSSR count). The van der Waals surface area contributed by atoms with Gasteiger partial charge in [-0.3, -0.25) is 9.79 Å². The van der Waals surface area contributed by atoms with Crippen molar-refractivity contribution in [2.75, 3.05) is 0 Å². The Morgan fingerprint density at radius 1 is 1.06 bits per heavy atom. The van der Waals surface area contributed by atoms with Gasteiger partial charge < -0.3 is 5.32 Å². The van der Waals surface area contributed by atoms with Crippen LogP contribution in [0.5, 0.6) is 0 Å². The Morgan fingerprint density at radius 2 is 1.67 bits per heavy atom. The van der Waals surface area contributed by atoms with Gasteiger partial charge >= 0.3 is 0 Å². The van der Waals surface area contributed by atoms with Gasteiger partial charge in [0, 0.05) is 24.8 Å². The van der Waals surface area contributed by atoms with E-state index in [1.807, 2.05) is 78.8 Å². The second-order valence-electron chi connectivity index (χ2n) is 7.62. The lowest BCUT2D eigenvalue weighted by Gasteiger charge is -2.10. The van der Waals surface area contributed by atoms with E-state index in [4.69, 9.17) is 6.42 Å². The van der Waals surface area contributed by atoms with Crippen molar-refractivity contribution in [1.29, 1.82) is 0 Å². The van der Waals surface area contributed by atoms with Crippen molar-refractivity contribution >= 4 is 12.1 Å². The molecule has 1 unspecified atom stereocenters. The number of hydrogen-bond acceptors (Lipinski definition) is 2. The van der Waals surface area contributed by atoms with E-state index in [2.05, 4.69) is 30.1 Å². The second-order valence-corrected chi connectivity index (χ2v) is 7.62. The molecule has 0 radical (unpaired) electrons. The van der Waals surface area contributed by atoms with Gasteiger partial charge in [-0.25, -0.2) is 0 Å². The van der Waals surface area contributed by atoms with Crippen molar-refractivity contribution < 1.29 is 4.79 Å². The number of hydrogen-bond donors (Lipinski definition) is 1. The largest absolute Gasteiger partial charge is 0.348 e. The van der Waals surface area contributed by atoms with E-state index in [0.29, 0.717) is 12.8 Å². The highest BCUT2D eigenvalue weighted by Gasteiger charge is 2.06. The smallest absolute Gasteiger partial charge is 0.224 e. The maximum Gasteiger partial charge on any atom is 0.224 e. The van der Waals surface area contributed by atoms with Crippen LogP contribution in [0.3, 0.4) is 0 Å². The third-order valence-corrected chi connectivity index (χ3v) is 4.43. The summed E-state index contributed by atoms with van der Waals surface area (Å²) < 4.78 is 0. The third-order valence-electron chi connectivity index (χ3n) is 4.43. The van der Waals surface area contributed by atoms with E-state index in [9.17, 15) is 4.79 Å². The molecule has 0 aromatic heterocycles. The van der Waals surface area contributed by atoms with Crippen LogP contribution >= 0.6 is 0 Å². The summed E-state index contributed by atoms with van der Waals surface area (Å²) in [5, 5.41) is 2.94. The molecule has 1 N–H and O–H groups in total. The van der Waals surface area contributed by atoms with Gasteiger partial charge in [-0.2, -0.15) is 0 Å². The van der Waals surface area contributed by atoms with E-state index in [0.717, 1.165) is 23.3 Å². The number of nitrogens with zero attached hydrogens (tertiary/aromatic N) is 1. The predicted octanol–water partition coefficient (Wildman–Crippen LogP) is 8.74. The SMILES string of the molecule is C#CCC(/C=C\C)=C(/CC)N=CC(C)NC(=O)C/C(C)=C/C=C\C.CC.CCCCCCC. The van der Waals surface area contributed by atoms with Crippen molar-refractivity contribution in [2.24, 2.45) is 4.99 Å². The monoisotopic (exact) mass is 456 g/mol. The molecule has 0 aromatic carbocycles. The first-order valence-electron chi connectivity index (χ1n) is 12.8. The molecule has 0 heterocycles. The molecule has 0 spiro atoms. The Labute approximate surface area is 206 Å². The standard InChI is InChI=1S/C21H30N2O.C7H16.C2H6/c1-7-11-14-17(5)15-21(24)23-18(6)16-22-20(10-4)19(12-8-2)13-9-3;1-3-5-7-6-4-2;1-2/h2,7,9,11,13-14,16,18H,10,12,15H2,1,3-6H3,(H,23,24);3-7H2,1-2H3;1-2H3/b11-7-,13-9-,17-14+,20-19+,22-16?;;. The van der Waals surface area contributed by atoms with Crippen molar-refractivity contribution in [3.63, 3.8) is 0 Å². The molecular weight excluding hydrogens is 404 g/mol. The molecule has 33 heavy (non-hydrogen) atoms. The summed E-state index contributed by atoms with van der Waals surface area (Å²) in [6.07, 6.45) is 25.7. The van der Waals surface area contributed by atoms with Gasteiger partial charge in [0.2, 0.25) is 5.91 Å². The summed E-state index contributed by atoms with van der Waals surface area (Å²) in [7, 11) is 0. The highest BCUT2D eigenvalue weighted by Crippen LogP contribution is 2.15. The molecule has 3 nitrogen and oxygen atoms in total. The number of terminal acetylenes is 1. The quantitative estimate of drug-likeness (QED) is 0.128. The molecule has 0 saturated carbocycles. The van der Waals surface area contributed by atoms with Crippen LogP contribution in [-0.4, -0.2) is 18.2 Å². The van der Waals surface area contributed by atoms with Crippen LogP contribution in [0.1, 0.15) is 114 Å². The van der Waals surface area contributed by atoms with Crippen molar-refractivity contribution in [3.8, 4) is 12.3 Å². The fraction of sp³-hybridized carbons (Fsp3) is 0.600. The topological polar surface area (TPSA) is 41.5 Å². The number of allylic oxidation sites excluding steroid dienone is 7. The number of rotatable bonds is 13. The summed E-state index contributed by atoms with van der Waals surface area (Å²) in [6.45, 7) is 18.3. The first kappa shape index (κ1) is 35.3. The molecule has 0 aliphatic heterocycles. The Kier molecular flexibility index (Phi) is 29.6. The van der Waals surface area contributed by atoms with E-state index in [1.54, 1.807) is 6.21 Å². The number of aliphatic imine (C=N–C) groups is 1. The zero-order chi connectivity index (χ0) is 25.9. The van der Waals surface area contributed by atoms with Crippen molar-refractivity contribution in [1.82, 2.24) is 5.32 Å². The number of nitrogens with one attached hydrogen (secondary N) is 1. The van der Waals surface area contributed by atoms with Gasteiger partial charge in [0.05, 0.1) is 6.04 Å². The zero-order valence-electron chi connectivity index (χ0n) is 23.1. The maximum absolute atomic E-state index is 12.0. The van der Waals surface area contributed by atoms with Crippen LogP contribution in [-0.2, 0) is 4.79 Å².